The van der Waals surface area contributed by atoms with Crippen molar-refractivity contribution in [3.05, 3.63) is 35.4 Å². The smallest absolute Gasteiger partial charge is 0.211 e. The first-order valence-corrected chi connectivity index (χ1v) is 9.56. The average molecular weight is 345 g/mol. The lowest BCUT2D eigenvalue weighted by atomic mass is 9.85. The van der Waals surface area contributed by atoms with Gasteiger partial charge in [0.05, 0.1) is 5.75 Å². The van der Waals surface area contributed by atoms with E-state index >= 15 is 0 Å². The van der Waals surface area contributed by atoms with Crippen LogP contribution in [0.5, 0.6) is 0 Å². The molecule has 0 spiro atoms. The summed E-state index contributed by atoms with van der Waals surface area (Å²) in [7, 11) is -3.11. The highest BCUT2D eigenvalue weighted by Gasteiger charge is 2.34. The summed E-state index contributed by atoms with van der Waals surface area (Å²) in [6, 6.07) is 9.05. The van der Waals surface area contributed by atoms with Crippen LogP contribution in [0.15, 0.2) is 24.3 Å². The largest absolute Gasteiger partial charge is 0.296 e. The van der Waals surface area contributed by atoms with Crippen LogP contribution in [0.3, 0.4) is 0 Å². The number of nitrogens with one attached hydrogen (secondary N) is 1. The van der Waals surface area contributed by atoms with Crippen molar-refractivity contribution >= 4 is 22.4 Å². The first-order valence-electron chi connectivity index (χ1n) is 7.91. The van der Waals surface area contributed by atoms with Crippen molar-refractivity contribution in [2.24, 2.45) is 0 Å². The highest BCUT2D eigenvalue weighted by molar-refractivity contribution is 7.89. The van der Waals surface area contributed by atoms with Gasteiger partial charge in [-0.2, -0.15) is 0 Å². The number of sulfonamides is 1. The van der Waals surface area contributed by atoms with Gasteiger partial charge in [0.1, 0.15) is 0 Å². The van der Waals surface area contributed by atoms with Gasteiger partial charge in [-0.3, -0.25) is 4.90 Å². The Bertz CT molecular complexity index is 606. The van der Waals surface area contributed by atoms with Gasteiger partial charge in [0.25, 0.3) is 0 Å². The minimum atomic E-state index is -3.11. The second-order valence-corrected chi connectivity index (χ2v) is 8.03. The van der Waals surface area contributed by atoms with Crippen LogP contribution < -0.4 is 4.72 Å². The molecule has 1 fully saturated rings. The van der Waals surface area contributed by atoms with Gasteiger partial charge >= 0.3 is 0 Å². The first kappa shape index (κ1) is 17.7. The minimum Gasteiger partial charge on any atom is -0.296 e. The Hall–Kier alpha value is -0.620. The van der Waals surface area contributed by atoms with Gasteiger partial charge in [0.15, 0.2) is 0 Å². The van der Waals surface area contributed by atoms with Crippen molar-refractivity contribution in [1.29, 1.82) is 0 Å². The van der Waals surface area contributed by atoms with E-state index in [1.807, 2.05) is 6.92 Å². The third-order valence-electron chi connectivity index (χ3n) is 4.61. The van der Waals surface area contributed by atoms with Crippen LogP contribution in [0.4, 0.5) is 0 Å². The lowest BCUT2D eigenvalue weighted by Crippen LogP contribution is -2.48. The van der Waals surface area contributed by atoms with E-state index < -0.39 is 10.0 Å². The third kappa shape index (κ3) is 3.82. The molecular formula is C16H25ClN2O2S. The fourth-order valence-electron chi connectivity index (χ4n) is 3.64. The molecule has 2 heterocycles. The normalized spacial score (nSPS) is 25.0. The van der Waals surface area contributed by atoms with Crippen molar-refractivity contribution in [3.63, 3.8) is 0 Å². The molecule has 1 saturated heterocycles. The minimum absolute atomic E-state index is 0. The number of halogens is 1. The van der Waals surface area contributed by atoms with Crippen LogP contribution in [0.25, 0.3) is 0 Å². The van der Waals surface area contributed by atoms with E-state index in [2.05, 4.69) is 33.9 Å². The summed E-state index contributed by atoms with van der Waals surface area (Å²) in [4.78, 5) is 2.51. The van der Waals surface area contributed by atoms with Gasteiger partial charge in [-0.05, 0) is 36.8 Å². The molecule has 124 valence electrons. The predicted molar refractivity (Wildman–Crippen MR) is 91.9 cm³/mol. The summed E-state index contributed by atoms with van der Waals surface area (Å²) >= 11 is 0. The standard InChI is InChI=1S/C16H24N2O2S.ClH/c1-2-11-21(19,20)17-14-8-10-18-9-7-13-5-3-4-6-15(13)16(18)12-14;/h3-6,14,16-17H,2,7-12H2,1H3;1H/t14-,16+;/m1./s1. The fourth-order valence-corrected chi connectivity index (χ4v) is 5.02. The molecule has 0 amide bonds. The molecule has 6 heteroatoms. The van der Waals surface area contributed by atoms with Crippen molar-refractivity contribution < 1.29 is 8.42 Å². The Balaban J connectivity index is 0.00000176. The van der Waals surface area contributed by atoms with E-state index in [0.29, 0.717) is 12.5 Å². The van der Waals surface area contributed by atoms with E-state index in [4.69, 9.17) is 0 Å². The monoisotopic (exact) mass is 344 g/mol. The van der Waals surface area contributed by atoms with Crippen LogP contribution in [0.2, 0.25) is 0 Å². The maximum atomic E-state index is 12.0. The average Bonchev–Trinajstić information content (AvgIpc) is 2.46. The zero-order valence-electron chi connectivity index (χ0n) is 13.0. The van der Waals surface area contributed by atoms with Gasteiger partial charge in [0, 0.05) is 25.2 Å². The predicted octanol–water partition coefficient (Wildman–Crippen LogP) is 2.50. The molecule has 1 N–H and O–H groups in total. The molecule has 2 atom stereocenters. The number of hydrogen-bond acceptors (Lipinski definition) is 3. The summed E-state index contributed by atoms with van der Waals surface area (Å²) in [5, 5.41) is 0. The molecule has 0 aliphatic carbocycles. The number of benzene rings is 1. The molecular weight excluding hydrogens is 320 g/mol. The second-order valence-electron chi connectivity index (χ2n) is 6.16. The van der Waals surface area contributed by atoms with E-state index in [9.17, 15) is 8.42 Å². The van der Waals surface area contributed by atoms with Crippen LogP contribution in [0, 0.1) is 0 Å². The zero-order valence-corrected chi connectivity index (χ0v) is 14.6. The van der Waals surface area contributed by atoms with Gasteiger partial charge < -0.3 is 0 Å². The second kappa shape index (κ2) is 7.30. The van der Waals surface area contributed by atoms with Crippen molar-refractivity contribution in [3.8, 4) is 0 Å². The van der Waals surface area contributed by atoms with Crippen molar-refractivity contribution in [2.75, 3.05) is 18.8 Å². The number of piperidine rings is 1. The summed E-state index contributed by atoms with van der Waals surface area (Å²) in [5.74, 6) is 0.231. The van der Waals surface area contributed by atoms with Crippen LogP contribution >= 0.6 is 12.4 Å². The Morgan fingerprint density at radius 2 is 2.05 bits per heavy atom. The maximum Gasteiger partial charge on any atom is 0.211 e. The van der Waals surface area contributed by atoms with Gasteiger partial charge in [-0.1, -0.05) is 31.2 Å². The van der Waals surface area contributed by atoms with Gasteiger partial charge in [-0.25, -0.2) is 13.1 Å². The molecule has 0 unspecified atom stereocenters. The topological polar surface area (TPSA) is 49.4 Å². The zero-order chi connectivity index (χ0) is 14.9. The molecule has 2 aliphatic heterocycles. The Morgan fingerprint density at radius 1 is 1.27 bits per heavy atom. The number of rotatable bonds is 4. The molecule has 0 bridgehead atoms. The quantitative estimate of drug-likeness (QED) is 0.913. The molecule has 0 aromatic heterocycles. The molecule has 0 saturated carbocycles. The Labute approximate surface area is 139 Å². The summed E-state index contributed by atoms with van der Waals surface area (Å²) < 4.78 is 26.9. The van der Waals surface area contributed by atoms with Crippen molar-refractivity contribution in [1.82, 2.24) is 9.62 Å². The SMILES string of the molecule is CCCS(=O)(=O)N[C@@H]1CCN2CCc3ccccc3[C@@H]2C1.Cl. The third-order valence-corrected chi connectivity index (χ3v) is 6.25. The summed E-state index contributed by atoms with van der Waals surface area (Å²) in [6.45, 7) is 3.98. The summed E-state index contributed by atoms with van der Waals surface area (Å²) in [6.07, 6.45) is 3.58. The molecule has 3 rings (SSSR count). The lowest BCUT2D eigenvalue weighted by Gasteiger charge is -2.43. The highest BCUT2D eigenvalue weighted by atomic mass is 35.5. The van der Waals surface area contributed by atoms with Crippen LogP contribution in [-0.4, -0.2) is 38.2 Å². The van der Waals surface area contributed by atoms with Crippen LogP contribution in [-0.2, 0) is 16.4 Å². The molecule has 4 nitrogen and oxygen atoms in total. The van der Waals surface area contributed by atoms with E-state index in [1.54, 1.807) is 0 Å². The first-order chi connectivity index (χ1) is 10.1. The van der Waals surface area contributed by atoms with Crippen LogP contribution in [0.1, 0.15) is 43.4 Å². The molecule has 1 aromatic rings. The number of hydrogen-bond donors (Lipinski definition) is 1. The molecule has 0 radical (unpaired) electrons. The van der Waals surface area contributed by atoms with E-state index in [0.717, 1.165) is 32.4 Å². The van der Waals surface area contributed by atoms with E-state index in [-0.39, 0.29) is 24.2 Å². The highest BCUT2D eigenvalue weighted by Crippen LogP contribution is 2.36. The number of fused-ring (bicyclic) bond motifs is 3. The Kier molecular flexibility index (Phi) is 5.88. The summed E-state index contributed by atoms with van der Waals surface area (Å²) in [5.41, 5.74) is 2.82. The Morgan fingerprint density at radius 3 is 2.82 bits per heavy atom. The molecule has 1 aromatic carbocycles. The lowest BCUT2D eigenvalue weighted by molar-refractivity contribution is 0.122. The van der Waals surface area contributed by atoms with Crippen molar-refractivity contribution in [2.45, 2.75) is 44.7 Å². The van der Waals surface area contributed by atoms with Gasteiger partial charge in [-0.15, -0.1) is 12.4 Å². The fraction of sp³-hybridized carbons (Fsp3) is 0.625. The number of nitrogens with zero attached hydrogens (tertiary/aromatic N) is 1. The molecule has 2 aliphatic rings. The van der Waals surface area contributed by atoms with Gasteiger partial charge in [0.2, 0.25) is 10.0 Å². The maximum absolute atomic E-state index is 12.0. The molecule has 22 heavy (non-hydrogen) atoms. The van der Waals surface area contributed by atoms with E-state index in [1.165, 1.54) is 11.1 Å².